The van der Waals surface area contributed by atoms with Gasteiger partial charge in [0.1, 0.15) is 6.10 Å². The molecule has 2 atom stereocenters. The van der Waals surface area contributed by atoms with Crippen LogP contribution in [0.2, 0.25) is 0 Å². The summed E-state index contributed by atoms with van der Waals surface area (Å²) in [5.74, 6) is 0.219. The third kappa shape index (κ3) is 7.45. The highest BCUT2D eigenvalue weighted by atomic mass is 16.5. The molecule has 3 nitrogen and oxygen atoms in total. The Balaban J connectivity index is 1.22. The number of anilines is 5. The zero-order valence-corrected chi connectivity index (χ0v) is 50.2. The summed E-state index contributed by atoms with van der Waals surface area (Å²) in [6, 6.07) is 33.1. The fourth-order valence-corrected chi connectivity index (χ4v) is 16.1. The topological polar surface area (TPSA) is 15.7 Å². The standard InChI is InChI=1S/C71H91BN2O/c1-42-36-55-59-56(37-42)74(53-27-24-43(63(2,3)4)38-46(53)45-22-21-23-48-57(45)69(15,16)33-32-65(48,7)8)54-41-51-50(67(11,12)30-31-68(51,13)14)40-52(54)72(59)62-60(58-61(75-62)71(19,20)35-34-70(58,17)18)73(55)44-25-26-47-49(39-44)66(9,10)29-28-64(47,5)6/h21-27,36-41,58,61H,28-35H2,1-20H3. The van der Waals surface area contributed by atoms with Gasteiger partial charge >= 0.3 is 0 Å². The number of aryl methyl sites for hydroxylation is 1. The molecule has 4 aliphatic carbocycles. The van der Waals surface area contributed by atoms with E-state index in [4.69, 9.17) is 4.74 Å². The molecule has 0 spiro atoms. The fourth-order valence-electron chi connectivity index (χ4n) is 16.1. The molecule has 12 rings (SSSR count). The summed E-state index contributed by atoms with van der Waals surface area (Å²) in [4.78, 5) is 5.55. The van der Waals surface area contributed by atoms with Crippen molar-refractivity contribution in [2.45, 2.75) is 234 Å². The van der Waals surface area contributed by atoms with Crippen molar-refractivity contribution in [1.29, 1.82) is 0 Å². The van der Waals surface area contributed by atoms with Gasteiger partial charge in [0.25, 0.3) is 6.71 Å². The highest BCUT2D eigenvalue weighted by Gasteiger charge is 2.61. The first-order valence-corrected chi connectivity index (χ1v) is 29.5. The highest BCUT2D eigenvalue weighted by molar-refractivity contribution is 6.94. The first kappa shape index (κ1) is 51.1. The fraction of sp³-hybridized carbons (Fsp3) is 0.549. The molecule has 394 valence electrons. The van der Waals surface area contributed by atoms with Crippen molar-refractivity contribution in [1.82, 2.24) is 0 Å². The quantitative estimate of drug-likeness (QED) is 0.168. The molecule has 5 aromatic carbocycles. The van der Waals surface area contributed by atoms with E-state index in [2.05, 4.69) is 227 Å². The molecule has 3 aliphatic heterocycles. The summed E-state index contributed by atoms with van der Waals surface area (Å²) in [6.45, 7) is 49.5. The van der Waals surface area contributed by atoms with Gasteiger partial charge in [-0.2, -0.15) is 0 Å². The second kappa shape index (κ2) is 15.7. The lowest BCUT2D eigenvalue weighted by atomic mass is 9.35. The summed E-state index contributed by atoms with van der Waals surface area (Å²) in [5, 5.41) is 0. The van der Waals surface area contributed by atoms with E-state index in [-0.39, 0.29) is 67.5 Å². The van der Waals surface area contributed by atoms with Crippen LogP contribution in [0.3, 0.4) is 0 Å². The Morgan fingerprint density at radius 1 is 0.480 bits per heavy atom. The lowest BCUT2D eigenvalue weighted by Gasteiger charge is -2.50. The largest absolute Gasteiger partial charge is 0.501 e. The third-order valence-corrected chi connectivity index (χ3v) is 21.6. The Morgan fingerprint density at radius 2 is 1.03 bits per heavy atom. The van der Waals surface area contributed by atoms with Gasteiger partial charge < -0.3 is 14.5 Å². The summed E-state index contributed by atoms with van der Waals surface area (Å²) in [5.41, 5.74) is 26.6. The van der Waals surface area contributed by atoms with E-state index in [1.807, 2.05) is 0 Å². The Morgan fingerprint density at radius 3 is 1.65 bits per heavy atom. The van der Waals surface area contributed by atoms with Crippen LogP contribution < -0.4 is 20.7 Å². The number of hydrogen-bond donors (Lipinski definition) is 0. The molecule has 75 heavy (non-hydrogen) atoms. The maximum absolute atomic E-state index is 8.04. The van der Waals surface area contributed by atoms with E-state index >= 15 is 0 Å². The number of nitrogens with zero attached hydrogens (tertiary/aromatic N) is 2. The molecule has 0 saturated heterocycles. The van der Waals surface area contributed by atoms with Gasteiger partial charge in [0, 0.05) is 39.6 Å². The van der Waals surface area contributed by atoms with Gasteiger partial charge in [0.2, 0.25) is 0 Å². The molecule has 3 heterocycles. The molecule has 5 aromatic rings. The van der Waals surface area contributed by atoms with Gasteiger partial charge in [-0.3, -0.25) is 0 Å². The predicted octanol–water partition coefficient (Wildman–Crippen LogP) is 18.2. The minimum Gasteiger partial charge on any atom is -0.501 e. The van der Waals surface area contributed by atoms with E-state index in [1.54, 1.807) is 0 Å². The molecule has 0 aromatic heterocycles. The summed E-state index contributed by atoms with van der Waals surface area (Å²) in [7, 11) is 0. The number of rotatable bonds is 3. The lowest BCUT2D eigenvalue weighted by Crippen LogP contribution is -2.57. The van der Waals surface area contributed by atoms with E-state index < -0.39 is 0 Å². The number of fused-ring (bicyclic) bond motifs is 8. The first-order chi connectivity index (χ1) is 34.7. The molecule has 0 bridgehead atoms. The molecular formula is C71H91BN2O. The van der Waals surface area contributed by atoms with E-state index in [1.165, 1.54) is 138 Å². The second-order valence-corrected chi connectivity index (χ2v) is 31.8. The summed E-state index contributed by atoms with van der Waals surface area (Å²) < 4.78 is 8.04. The Bertz CT molecular complexity index is 3290. The first-order valence-electron chi connectivity index (χ1n) is 29.5. The molecule has 7 aliphatic rings. The van der Waals surface area contributed by atoms with Crippen LogP contribution in [-0.2, 0) is 42.6 Å². The number of hydrogen-bond acceptors (Lipinski definition) is 3. The lowest BCUT2D eigenvalue weighted by molar-refractivity contribution is -0.0623. The van der Waals surface area contributed by atoms with Crippen molar-refractivity contribution in [3.8, 4) is 11.1 Å². The molecule has 1 saturated carbocycles. The molecule has 2 unspecified atom stereocenters. The Labute approximate surface area is 454 Å². The van der Waals surface area contributed by atoms with E-state index in [0.29, 0.717) is 0 Å². The molecule has 0 amide bonds. The van der Waals surface area contributed by atoms with Crippen LogP contribution in [0.15, 0.2) is 90.2 Å². The van der Waals surface area contributed by atoms with Crippen LogP contribution >= 0.6 is 0 Å². The second-order valence-electron chi connectivity index (χ2n) is 31.8. The molecular weight excluding hydrogens is 908 g/mol. The van der Waals surface area contributed by atoms with Crippen LogP contribution in [0.25, 0.3) is 11.1 Å². The normalized spacial score (nSPS) is 25.2. The van der Waals surface area contributed by atoms with Crippen molar-refractivity contribution in [3.05, 3.63) is 135 Å². The maximum Gasteiger partial charge on any atom is 0.295 e. The van der Waals surface area contributed by atoms with Gasteiger partial charge in [-0.05, 0) is 205 Å². The van der Waals surface area contributed by atoms with Crippen molar-refractivity contribution < 1.29 is 4.74 Å². The minimum absolute atomic E-state index is 0.00224. The van der Waals surface area contributed by atoms with Crippen molar-refractivity contribution in [3.63, 3.8) is 0 Å². The van der Waals surface area contributed by atoms with Crippen LogP contribution in [0.4, 0.5) is 28.4 Å². The SMILES string of the molecule is Cc1cc2c3c(c1)N(c1ccc(C(C)(C)C)cc1-c1cccc4c1C(C)(C)CCC4(C)C)c1cc4c(cc1B3C1=C(C3C(O1)C(C)(C)CCC3(C)C)N2c1ccc2c(c1)C(C)(C)CCC2(C)C)C(C)(C)CCC4(C)C. The monoisotopic (exact) mass is 999 g/mol. The number of ether oxygens (including phenoxy) is 1. The number of benzene rings is 5. The third-order valence-electron chi connectivity index (χ3n) is 21.6. The van der Waals surface area contributed by atoms with Gasteiger partial charge in [-0.15, -0.1) is 0 Å². The smallest absolute Gasteiger partial charge is 0.295 e. The maximum atomic E-state index is 8.04. The van der Waals surface area contributed by atoms with Crippen LogP contribution in [0.1, 0.15) is 227 Å². The summed E-state index contributed by atoms with van der Waals surface area (Å²) >= 11 is 0. The van der Waals surface area contributed by atoms with E-state index in [9.17, 15) is 0 Å². The average Bonchev–Trinajstić information content (AvgIpc) is 3.75. The van der Waals surface area contributed by atoms with Gasteiger partial charge in [-0.1, -0.05) is 168 Å². The zero-order chi connectivity index (χ0) is 53.9. The molecule has 1 fully saturated rings. The van der Waals surface area contributed by atoms with Crippen LogP contribution in [0.5, 0.6) is 0 Å². The Kier molecular flexibility index (Phi) is 10.7. The van der Waals surface area contributed by atoms with Crippen molar-refractivity contribution >= 4 is 46.1 Å². The average molecular weight is 999 g/mol. The molecule has 0 N–H and O–H groups in total. The van der Waals surface area contributed by atoms with E-state index in [0.717, 1.165) is 19.3 Å². The summed E-state index contributed by atoms with van der Waals surface area (Å²) in [6.07, 6.45) is 9.44. The Hall–Kier alpha value is -4.70. The van der Waals surface area contributed by atoms with Crippen molar-refractivity contribution in [2.24, 2.45) is 16.7 Å². The highest BCUT2D eigenvalue weighted by Crippen LogP contribution is 2.63. The predicted molar refractivity (Wildman–Crippen MR) is 322 cm³/mol. The van der Waals surface area contributed by atoms with Crippen LogP contribution in [0, 0.1) is 23.7 Å². The van der Waals surface area contributed by atoms with Gasteiger partial charge in [0.05, 0.1) is 17.0 Å². The molecule has 4 heteroatoms. The van der Waals surface area contributed by atoms with Crippen LogP contribution in [-0.4, -0.2) is 12.8 Å². The van der Waals surface area contributed by atoms with Gasteiger partial charge in [0.15, 0.2) is 0 Å². The van der Waals surface area contributed by atoms with Crippen molar-refractivity contribution in [2.75, 3.05) is 9.80 Å². The molecule has 0 radical (unpaired) electrons. The minimum atomic E-state index is -0.0639. The zero-order valence-electron chi connectivity index (χ0n) is 50.2. The van der Waals surface area contributed by atoms with Gasteiger partial charge in [-0.25, -0.2) is 0 Å².